The van der Waals surface area contributed by atoms with Crippen molar-refractivity contribution in [1.82, 2.24) is 4.90 Å². The molecule has 1 unspecified atom stereocenters. The first kappa shape index (κ1) is 14.7. The Labute approximate surface area is 109 Å². The molecule has 1 aromatic carbocycles. The van der Waals surface area contributed by atoms with Crippen molar-refractivity contribution >= 4 is 0 Å². The van der Waals surface area contributed by atoms with Crippen molar-refractivity contribution in [3.05, 3.63) is 35.1 Å². The highest BCUT2D eigenvalue weighted by molar-refractivity contribution is 5.33. The summed E-state index contributed by atoms with van der Waals surface area (Å²) in [7, 11) is 0. The maximum absolute atomic E-state index is 13.7. The van der Waals surface area contributed by atoms with Crippen LogP contribution in [0.25, 0.3) is 0 Å². The summed E-state index contributed by atoms with van der Waals surface area (Å²) < 4.78 is 13.7. The first-order chi connectivity index (χ1) is 8.60. The van der Waals surface area contributed by atoms with Crippen molar-refractivity contribution in [1.29, 1.82) is 5.26 Å². The zero-order chi connectivity index (χ0) is 13.5. The fraction of sp³-hybridized carbons (Fsp3) is 0.533. The summed E-state index contributed by atoms with van der Waals surface area (Å²) in [4.78, 5) is 2.22. The Kier molecular flexibility index (Phi) is 5.80. The third kappa shape index (κ3) is 4.12. The lowest BCUT2D eigenvalue weighted by atomic mass is 10.1. The molecule has 0 saturated carbocycles. The quantitative estimate of drug-likeness (QED) is 0.769. The normalized spacial score (nSPS) is 12.4. The predicted octanol–water partition coefficient (Wildman–Crippen LogP) is 3.57. The molecule has 0 aliphatic rings. The van der Waals surface area contributed by atoms with Crippen molar-refractivity contribution in [2.75, 3.05) is 13.1 Å². The van der Waals surface area contributed by atoms with Crippen molar-refractivity contribution < 1.29 is 4.39 Å². The van der Waals surface area contributed by atoms with Crippen molar-refractivity contribution in [3.8, 4) is 6.07 Å². The third-order valence-electron chi connectivity index (χ3n) is 3.28. The molecule has 0 N–H and O–H groups in total. The van der Waals surface area contributed by atoms with E-state index in [0.717, 1.165) is 19.5 Å². The molecule has 98 valence electrons. The molecule has 1 atom stereocenters. The fourth-order valence-electron chi connectivity index (χ4n) is 1.88. The molecular formula is C15H21FN2. The SMILES string of the molecule is CCC(C)CN(CC)Cc1cc(C#N)ccc1F. The van der Waals surface area contributed by atoms with Crippen LogP contribution in [0.2, 0.25) is 0 Å². The van der Waals surface area contributed by atoms with E-state index in [-0.39, 0.29) is 5.82 Å². The highest BCUT2D eigenvalue weighted by Gasteiger charge is 2.11. The van der Waals surface area contributed by atoms with Crippen molar-refractivity contribution in [2.24, 2.45) is 5.92 Å². The van der Waals surface area contributed by atoms with Crippen LogP contribution in [-0.4, -0.2) is 18.0 Å². The summed E-state index contributed by atoms with van der Waals surface area (Å²) in [6, 6.07) is 6.60. The minimum atomic E-state index is -0.225. The summed E-state index contributed by atoms with van der Waals surface area (Å²) in [5, 5.41) is 8.84. The Hall–Kier alpha value is -1.40. The van der Waals surface area contributed by atoms with Gasteiger partial charge in [0.2, 0.25) is 0 Å². The molecule has 0 fully saturated rings. The van der Waals surface area contributed by atoms with E-state index < -0.39 is 0 Å². The van der Waals surface area contributed by atoms with Crippen LogP contribution in [0, 0.1) is 23.1 Å². The van der Waals surface area contributed by atoms with Crippen LogP contribution in [-0.2, 0) is 6.54 Å². The molecule has 0 amide bonds. The van der Waals surface area contributed by atoms with Gasteiger partial charge in [-0.3, -0.25) is 4.90 Å². The molecule has 0 bridgehead atoms. The number of halogens is 1. The van der Waals surface area contributed by atoms with E-state index in [1.165, 1.54) is 12.1 Å². The van der Waals surface area contributed by atoms with Gasteiger partial charge in [-0.25, -0.2) is 4.39 Å². The van der Waals surface area contributed by atoms with Crippen LogP contribution in [0.5, 0.6) is 0 Å². The van der Waals surface area contributed by atoms with Crippen LogP contribution < -0.4 is 0 Å². The number of benzene rings is 1. The average molecular weight is 248 g/mol. The Balaban J connectivity index is 2.78. The van der Waals surface area contributed by atoms with Gasteiger partial charge in [-0.2, -0.15) is 5.26 Å². The minimum absolute atomic E-state index is 0.225. The first-order valence-corrected chi connectivity index (χ1v) is 6.51. The smallest absolute Gasteiger partial charge is 0.127 e. The van der Waals surface area contributed by atoms with Crippen LogP contribution in [0.15, 0.2) is 18.2 Å². The van der Waals surface area contributed by atoms with E-state index in [0.29, 0.717) is 23.6 Å². The van der Waals surface area contributed by atoms with Crippen LogP contribution >= 0.6 is 0 Å². The molecule has 18 heavy (non-hydrogen) atoms. The Morgan fingerprint density at radius 1 is 1.39 bits per heavy atom. The summed E-state index contributed by atoms with van der Waals surface area (Å²) in [5.74, 6) is 0.378. The molecule has 0 radical (unpaired) electrons. The standard InChI is InChI=1S/C15H21FN2/c1-4-12(3)10-18(5-2)11-14-8-13(9-17)6-7-15(14)16/h6-8,12H,4-5,10-11H2,1-3H3. The predicted molar refractivity (Wildman–Crippen MR) is 71.5 cm³/mol. The second-order valence-electron chi connectivity index (χ2n) is 4.76. The molecule has 0 heterocycles. The van der Waals surface area contributed by atoms with Crippen LogP contribution in [0.3, 0.4) is 0 Å². The highest BCUT2D eigenvalue weighted by atomic mass is 19.1. The van der Waals surface area contributed by atoms with Gasteiger partial charge in [0.1, 0.15) is 5.82 Å². The van der Waals surface area contributed by atoms with Gasteiger partial charge in [-0.05, 0) is 30.7 Å². The second kappa shape index (κ2) is 7.13. The van der Waals surface area contributed by atoms with E-state index in [1.54, 1.807) is 6.07 Å². The highest BCUT2D eigenvalue weighted by Crippen LogP contribution is 2.14. The van der Waals surface area contributed by atoms with Crippen LogP contribution in [0.1, 0.15) is 38.3 Å². The summed E-state index contributed by atoms with van der Waals surface area (Å²) >= 11 is 0. The lowest BCUT2D eigenvalue weighted by Gasteiger charge is -2.24. The second-order valence-corrected chi connectivity index (χ2v) is 4.76. The van der Waals surface area contributed by atoms with Crippen molar-refractivity contribution in [3.63, 3.8) is 0 Å². The average Bonchev–Trinajstić information content (AvgIpc) is 2.39. The van der Waals surface area contributed by atoms with Gasteiger partial charge < -0.3 is 0 Å². The van der Waals surface area contributed by atoms with Crippen LogP contribution in [0.4, 0.5) is 4.39 Å². The monoisotopic (exact) mass is 248 g/mol. The Morgan fingerprint density at radius 3 is 2.67 bits per heavy atom. The van der Waals surface area contributed by atoms with Crippen molar-refractivity contribution in [2.45, 2.75) is 33.7 Å². The number of hydrogen-bond donors (Lipinski definition) is 0. The summed E-state index contributed by atoms with van der Waals surface area (Å²) in [5.41, 5.74) is 1.13. The Bertz CT molecular complexity index is 423. The molecule has 0 spiro atoms. The lowest BCUT2D eigenvalue weighted by molar-refractivity contribution is 0.235. The first-order valence-electron chi connectivity index (χ1n) is 6.51. The number of nitriles is 1. The molecule has 2 nitrogen and oxygen atoms in total. The van der Waals surface area contributed by atoms with E-state index in [9.17, 15) is 4.39 Å². The third-order valence-corrected chi connectivity index (χ3v) is 3.28. The molecule has 0 aliphatic carbocycles. The van der Waals surface area contributed by atoms with Gasteiger partial charge in [-0.1, -0.05) is 27.2 Å². The van der Waals surface area contributed by atoms with Gasteiger partial charge in [-0.15, -0.1) is 0 Å². The molecule has 3 heteroatoms. The van der Waals surface area contributed by atoms with Gasteiger partial charge in [0, 0.05) is 18.7 Å². The maximum Gasteiger partial charge on any atom is 0.127 e. The zero-order valence-electron chi connectivity index (χ0n) is 11.4. The Morgan fingerprint density at radius 2 is 2.11 bits per heavy atom. The fourth-order valence-corrected chi connectivity index (χ4v) is 1.88. The molecule has 1 aromatic rings. The van der Waals surface area contributed by atoms with E-state index in [4.69, 9.17) is 5.26 Å². The van der Waals surface area contributed by atoms with Gasteiger partial charge in [0.25, 0.3) is 0 Å². The molecule has 0 aromatic heterocycles. The molecule has 0 saturated heterocycles. The number of nitrogens with zero attached hydrogens (tertiary/aromatic N) is 2. The van der Waals surface area contributed by atoms with E-state index >= 15 is 0 Å². The summed E-state index contributed by atoms with van der Waals surface area (Å²) in [6.07, 6.45) is 1.12. The van der Waals surface area contributed by atoms with Gasteiger partial charge >= 0.3 is 0 Å². The molecule has 1 rings (SSSR count). The lowest BCUT2D eigenvalue weighted by Crippen LogP contribution is -2.28. The minimum Gasteiger partial charge on any atom is -0.299 e. The maximum atomic E-state index is 13.7. The largest absolute Gasteiger partial charge is 0.299 e. The summed E-state index contributed by atoms with van der Waals surface area (Å²) in [6.45, 7) is 8.86. The van der Waals surface area contributed by atoms with E-state index in [2.05, 4.69) is 31.7 Å². The number of hydrogen-bond acceptors (Lipinski definition) is 2. The molecular weight excluding hydrogens is 227 g/mol. The van der Waals surface area contributed by atoms with Gasteiger partial charge in [0.05, 0.1) is 11.6 Å². The van der Waals surface area contributed by atoms with E-state index in [1.807, 2.05) is 0 Å². The zero-order valence-corrected chi connectivity index (χ0v) is 11.4. The topological polar surface area (TPSA) is 27.0 Å². The van der Waals surface area contributed by atoms with Gasteiger partial charge in [0.15, 0.2) is 0 Å². The molecule has 0 aliphatic heterocycles. The number of rotatable bonds is 6.